The van der Waals surface area contributed by atoms with Gasteiger partial charge in [0.15, 0.2) is 40.9 Å². The van der Waals surface area contributed by atoms with E-state index in [0.717, 1.165) is 0 Å². The number of hydrogen-bond acceptors (Lipinski definition) is 21. The molecule has 60 heavy (non-hydrogen) atoms. The molecule has 3 aliphatic heterocycles. The molecule has 5 rings (SSSR count). The number of carbonyl (C=O) groups is 2. The van der Waals surface area contributed by atoms with Gasteiger partial charge in [0.25, 0.3) is 0 Å². The Morgan fingerprint density at radius 3 is 1.33 bits per heavy atom. The molecule has 0 bridgehead atoms. The van der Waals surface area contributed by atoms with Crippen molar-refractivity contribution < 1.29 is 104 Å². The molecule has 3 aliphatic rings. The predicted molar refractivity (Wildman–Crippen MR) is 200 cm³/mol. The number of rotatable bonds is 17. The van der Waals surface area contributed by atoms with E-state index >= 15 is 0 Å². The van der Waals surface area contributed by atoms with Crippen molar-refractivity contribution in [1.82, 2.24) is 0 Å². The van der Waals surface area contributed by atoms with E-state index in [1.807, 2.05) is 0 Å². The summed E-state index contributed by atoms with van der Waals surface area (Å²) in [6.45, 7) is -1.90. The SMILES string of the molecule is COc1cc(/C=C/C(=O)CC(=O)/C=C/c2ccc(O[C@@H]3O[C@H](CO[C@@H]4O[C@H](CO)[C@@H](O)[C@H](O)[C@H]4O)[C@@H](O)[C@H](O)[C@H]3O)c(OC)c2)ccc1O[C@@H]1O[C@H](CO)[C@@H](O)[C@H](O)[C@H]1O. The van der Waals surface area contributed by atoms with Gasteiger partial charge in [0.2, 0.25) is 12.6 Å². The van der Waals surface area contributed by atoms with Crippen molar-refractivity contribution in [2.45, 2.75) is 98.5 Å². The smallest absolute Gasteiger partial charge is 0.229 e. The fourth-order valence-electron chi connectivity index (χ4n) is 6.40. The van der Waals surface area contributed by atoms with Crippen molar-refractivity contribution in [2.24, 2.45) is 0 Å². The lowest BCUT2D eigenvalue weighted by molar-refractivity contribution is -0.323. The van der Waals surface area contributed by atoms with Crippen LogP contribution in [0.1, 0.15) is 17.5 Å². The number of methoxy groups -OCH3 is 2. The van der Waals surface area contributed by atoms with Gasteiger partial charge in [-0.3, -0.25) is 9.59 Å². The Balaban J connectivity index is 1.15. The molecule has 3 saturated heterocycles. The van der Waals surface area contributed by atoms with Gasteiger partial charge in [-0.15, -0.1) is 0 Å². The topological polar surface area (TPSA) is 331 Å². The Bertz CT molecular complexity index is 1800. The number of allylic oxidation sites excluding steroid dienone is 2. The van der Waals surface area contributed by atoms with E-state index in [2.05, 4.69) is 0 Å². The van der Waals surface area contributed by atoms with Crippen molar-refractivity contribution in [3.63, 3.8) is 0 Å². The molecule has 2 aromatic rings. The maximum atomic E-state index is 12.7. The van der Waals surface area contributed by atoms with Gasteiger partial charge in [-0.1, -0.05) is 24.3 Å². The van der Waals surface area contributed by atoms with Crippen molar-refractivity contribution in [3.05, 3.63) is 59.7 Å². The zero-order valence-corrected chi connectivity index (χ0v) is 32.3. The van der Waals surface area contributed by atoms with Crippen LogP contribution in [0.4, 0.5) is 0 Å². The maximum Gasteiger partial charge on any atom is 0.229 e. The van der Waals surface area contributed by atoms with E-state index in [1.165, 1.54) is 68.9 Å². The highest BCUT2D eigenvalue weighted by molar-refractivity contribution is 6.10. The number of carbonyl (C=O) groups excluding carboxylic acids is 2. The molecule has 0 saturated carbocycles. The zero-order valence-electron chi connectivity index (χ0n) is 32.3. The molecule has 3 heterocycles. The summed E-state index contributed by atoms with van der Waals surface area (Å²) in [6, 6.07) is 8.89. The normalized spacial score (nSPS) is 34.7. The number of hydrogen-bond donors (Lipinski definition) is 11. The Morgan fingerprint density at radius 1 is 0.533 bits per heavy atom. The summed E-state index contributed by atoms with van der Waals surface area (Å²) in [5.74, 6) is -0.681. The van der Waals surface area contributed by atoms with Gasteiger partial charge in [0, 0.05) is 0 Å². The molecule has 11 N–H and O–H groups in total. The summed E-state index contributed by atoms with van der Waals surface area (Å²) in [5.41, 5.74) is 0.924. The first-order valence-electron chi connectivity index (χ1n) is 18.6. The van der Waals surface area contributed by atoms with Crippen molar-refractivity contribution >= 4 is 23.7 Å². The van der Waals surface area contributed by atoms with Gasteiger partial charge in [0.05, 0.1) is 40.5 Å². The van der Waals surface area contributed by atoms with E-state index in [1.54, 1.807) is 6.07 Å². The number of benzene rings is 2. The first-order valence-corrected chi connectivity index (χ1v) is 18.6. The molecule has 21 nitrogen and oxygen atoms in total. The Hall–Kier alpha value is -4.14. The molecular formula is C39H50O21. The summed E-state index contributed by atoms with van der Waals surface area (Å²) in [5, 5.41) is 111. The van der Waals surface area contributed by atoms with Crippen LogP contribution in [0.2, 0.25) is 0 Å². The van der Waals surface area contributed by atoms with E-state index in [0.29, 0.717) is 11.1 Å². The van der Waals surface area contributed by atoms with Crippen LogP contribution in [-0.2, 0) is 28.5 Å². The molecular weight excluding hydrogens is 804 g/mol. The highest BCUT2D eigenvalue weighted by Gasteiger charge is 2.48. The van der Waals surface area contributed by atoms with Crippen molar-refractivity contribution in [3.8, 4) is 23.0 Å². The fourth-order valence-corrected chi connectivity index (χ4v) is 6.40. The van der Waals surface area contributed by atoms with Crippen molar-refractivity contribution in [2.75, 3.05) is 34.0 Å². The van der Waals surface area contributed by atoms with E-state index < -0.39 is 130 Å². The molecule has 15 atom stereocenters. The molecule has 21 heteroatoms. The molecule has 0 aromatic heterocycles. The number of aliphatic hydroxyl groups excluding tert-OH is 11. The summed E-state index contributed by atoms with van der Waals surface area (Å²) >= 11 is 0. The van der Waals surface area contributed by atoms with E-state index in [-0.39, 0.29) is 23.0 Å². The van der Waals surface area contributed by atoms with Crippen LogP contribution in [0.3, 0.4) is 0 Å². The van der Waals surface area contributed by atoms with Gasteiger partial charge in [-0.25, -0.2) is 0 Å². The van der Waals surface area contributed by atoms with Gasteiger partial charge in [-0.05, 0) is 47.5 Å². The minimum absolute atomic E-state index is 0.0210. The first-order chi connectivity index (χ1) is 28.6. The van der Waals surface area contributed by atoms with Crippen molar-refractivity contribution in [1.29, 1.82) is 0 Å². The molecule has 0 aliphatic carbocycles. The summed E-state index contributed by atoms with van der Waals surface area (Å²) in [6.07, 6.45) is -18.8. The van der Waals surface area contributed by atoms with Crippen LogP contribution < -0.4 is 18.9 Å². The van der Waals surface area contributed by atoms with Gasteiger partial charge in [-0.2, -0.15) is 0 Å². The molecule has 332 valence electrons. The third-order valence-electron chi connectivity index (χ3n) is 9.92. The van der Waals surface area contributed by atoms with Crippen LogP contribution in [-0.4, -0.2) is 194 Å². The lowest BCUT2D eigenvalue weighted by Gasteiger charge is -2.42. The summed E-state index contributed by atoms with van der Waals surface area (Å²) in [4.78, 5) is 25.3. The quantitative estimate of drug-likeness (QED) is 0.0536. The minimum atomic E-state index is -1.79. The van der Waals surface area contributed by atoms with Gasteiger partial charge in [0.1, 0.15) is 73.2 Å². The highest BCUT2D eigenvalue weighted by Crippen LogP contribution is 2.34. The lowest BCUT2D eigenvalue weighted by atomic mass is 9.98. The third kappa shape index (κ3) is 11.0. The molecule has 2 aromatic carbocycles. The second-order valence-corrected chi connectivity index (χ2v) is 14.1. The van der Waals surface area contributed by atoms with Crippen LogP contribution in [0.25, 0.3) is 12.2 Å². The molecule has 3 fully saturated rings. The van der Waals surface area contributed by atoms with Gasteiger partial charge >= 0.3 is 0 Å². The molecule has 0 spiro atoms. The Labute approximate surface area is 342 Å². The second-order valence-electron chi connectivity index (χ2n) is 14.1. The average Bonchev–Trinajstić information content (AvgIpc) is 3.25. The fraction of sp³-hybridized carbons (Fsp3) is 0.538. The Kier molecular flexibility index (Phi) is 16.5. The van der Waals surface area contributed by atoms with Gasteiger partial charge < -0.3 is 94.1 Å². The van der Waals surface area contributed by atoms with Crippen LogP contribution in [0.5, 0.6) is 23.0 Å². The minimum Gasteiger partial charge on any atom is -0.493 e. The number of aliphatic hydroxyl groups is 11. The predicted octanol–water partition coefficient (Wildman–Crippen LogP) is -3.86. The van der Waals surface area contributed by atoms with Crippen LogP contribution in [0, 0.1) is 0 Å². The third-order valence-corrected chi connectivity index (χ3v) is 9.92. The van der Waals surface area contributed by atoms with Crippen LogP contribution in [0.15, 0.2) is 48.6 Å². The second kappa shape index (κ2) is 21.1. The average molecular weight is 855 g/mol. The highest BCUT2D eigenvalue weighted by atomic mass is 16.7. The lowest BCUT2D eigenvalue weighted by Crippen LogP contribution is -2.62. The standard InChI is InChI=1S/C39H50O21/c1-53-23-11-17(5-9-21(23)56-38-35(51)32(48)29(45)26(15-41)59-38)3-7-19(42)13-20(43)8-4-18-6-10-22(24(12-18)54-2)57-39-36(52)33(49)30(46)27(60-39)16-55-37-34(50)31(47)28(44)25(14-40)58-37/h3-12,25-41,44-52H,13-16H2,1-2H3/b7-3+,8-4+/t25-,26-,27-,28-,29-,30-,31+,32+,33+,34-,35-,36-,37-,38-,39-/m1/s1. The van der Waals surface area contributed by atoms with Crippen LogP contribution >= 0.6 is 0 Å². The maximum absolute atomic E-state index is 12.7. The largest absolute Gasteiger partial charge is 0.493 e. The zero-order chi connectivity index (χ0) is 43.8. The molecule has 0 unspecified atom stereocenters. The van der Waals surface area contributed by atoms with E-state index in [4.69, 9.17) is 37.9 Å². The number of ketones is 2. The van der Waals surface area contributed by atoms with E-state index in [9.17, 15) is 65.8 Å². The molecule has 0 radical (unpaired) electrons. The Morgan fingerprint density at radius 2 is 0.917 bits per heavy atom. The first kappa shape index (κ1) is 46.9. The summed E-state index contributed by atoms with van der Waals surface area (Å²) in [7, 11) is 2.66. The molecule has 0 amide bonds. The monoisotopic (exact) mass is 854 g/mol. The summed E-state index contributed by atoms with van der Waals surface area (Å²) < 4.78 is 43.9. The number of ether oxygens (including phenoxy) is 8.